The molecule has 1 aliphatic heterocycles. The first kappa shape index (κ1) is 19.2. The smallest absolute Gasteiger partial charge is 0.262 e. The van der Waals surface area contributed by atoms with Crippen LogP contribution in [-0.2, 0) is 24.2 Å². The van der Waals surface area contributed by atoms with Gasteiger partial charge >= 0.3 is 0 Å². The fourth-order valence-corrected chi connectivity index (χ4v) is 5.61. The van der Waals surface area contributed by atoms with Gasteiger partial charge in [-0.3, -0.25) is 14.2 Å². The Bertz CT molecular complexity index is 1130. The minimum Gasteiger partial charge on any atom is -0.370 e. The summed E-state index contributed by atoms with van der Waals surface area (Å²) in [5.74, 6) is 0.381. The van der Waals surface area contributed by atoms with Crippen LogP contribution >= 0.6 is 11.3 Å². The second kappa shape index (κ2) is 8.18. The Hall–Kier alpha value is -2.74. The largest absolute Gasteiger partial charge is 0.370 e. The molecule has 0 atom stereocenters. The monoisotopic (exact) mass is 423 g/mol. The minimum absolute atomic E-state index is 0.0275. The van der Waals surface area contributed by atoms with Gasteiger partial charge in [0.05, 0.1) is 23.6 Å². The normalized spacial score (nSPS) is 16.1. The van der Waals surface area contributed by atoms with E-state index >= 15 is 0 Å². The van der Waals surface area contributed by atoms with Gasteiger partial charge in [0.1, 0.15) is 10.6 Å². The molecule has 0 unspecified atom stereocenters. The van der Waals surface area contributed by atoms with Crippen molar-refractivity contribution < 1.29 is 4.79 Å². The highest BCUT2D eigenvalue weighted by molar-refractivity contribution is 7.18. The van der Waals surface area contributed by atoms with Crippen molar-refractivity contribution in [3.05, 3.63) is 45.5 Å². The zero-order valence-electron chi connectivity index (χ0n) is 16.9. The summed E-state index contributed by atoms with van der Waals surface area (Å²) in [6, 6.07) is 3.83. The van der Waals surface area contributed by atoms with E-state index in [1.807, 2.05) is 18.3 Å². The fourth-order valence-electron chi connectivity index (χ4n) is 4.39. The molecule has 0 spiro atoms. The number of amides is 1. The number of aromatic nitrogens is 3. The van der Waals surface area contributed by atoms with E-state index in [9.17, 15) is 9.59 Å². The Kier molecular flexibility index (Phi) is 5.25. The molecule has 30 heavy (non-hydrogen) atoms. The van der Waals surface area contributed by atoms with Crippen molar-refractivity contribution in [1.29, 1.82) is 0 Å². The molecule has 1 N–H and O–H groups in total. The van der Waals surface area contributed by atoms with E-state index in [2.05, 4.69) is 20.2 Å². The summed E-state index contributed by atoms with van der Waals surface area (Å²) in [4.78, 5) is 38.7. The van der Waals surface area contributed by atoms with Gasteiger partial charge in [-0.15, -0.1) is 11.3 Å². The summed E-state index contributed by atoms with van der Waals surface area (Å²) in [5, 5.41) is 3.59. The number of carbonyl (C=O) groups excluding carboxylic acids is 1. The zero-order valence-corrected chi connectivity index (χ0v) is 17.7. The predicted molar refractivity (Wildman–Crippen MR) is 119 cm³/mol. The van der Waals surface area contributed by atoms with Crippen molar-refractivity contribution in [2.45, 2.75) is 51.5 Å². The van der Waals surface area contributed by atoms with E-state index in [0.717, 1.165) is 48.3 Å². The second-order valence-corrected chi connectivity index (χ2v) is 9.11. The van der Waals surface area contributed by atoms with Crippen LogP contribution in [0.5, 0.6) is 0 Å². The molecule has 8 heteroatoms. The number of hydrogen-bond acceptors (Lipinski definition) is 6. The summed E-state index contributed by atoms with van der Waals surface area (Å²) >= 11 is 1.64. The quantitative estimate of drug-likeness (QED) is 0.681. The Morgan fingerprint density at radius 1 is 1.10 bits per heavy atom. The molecule has 3 aromatic heterocycles. The van der Waals surface area contributed by atoms with E-state index in [1.165, 1.54) is 29.7 Å². The molecular weight excluding hydrogens is 398 g/mol. The highest BCUT2D eigenvalue weighted by Crippen LogP contribution is 2.33. The van der Waals surface area contributed by atoms with E-state index in [4.69, 9.17) is 0 Å². The molecule has 3 aromatic rings. The molecule has 0 radical (unpaired) electrons. The van der Waals surface area contributed by atoms with E-state index in [-0.39, 0.29) is 17.9 Å². The van der Waals surface area contributed by atoms with Gasteiger partial charge in [-0.05, 0) is 56.2 Å². The van der Waals surface area contributed by atoms with Crippen LogP contribution in [0.4, 0.5) is 11.5 Å². The van der Waals surface area contributed by atoms with Gasteiger partial charge in [0, 0.05) is 30.9 Å². The van der Waals surface area contributed by atoms with Gasteiger partial charge in [0.25, 0.3) is 5.56 Å². The van der Waals surface area contributed by atoms with Crippen molar-refractivity contribution in [1.82, 2.24) is 14.5 Å². The minimum atomic E-state index is -0.157. The Morgan fingerprint density at radius 2 is 1.93 bits per heavy atom. The van der Waals surface area contributed by atoms with Gasteiger partial charge in [-0.2, -0.15) is 0 Å². The lowest BCUT2D eigenvalue weighted by atomic mass is 9.97. The average molecular weight is 424 g/mol. The number of pyridine rings is 1. The Morgan fingerprint density at radius 3 is 2.73 bits per heavy atom. The van der Waals surface area contributed by atoms with E-state index < -0.39 is 0 Å². The average Bonchev–Trinajstić information content (AvgIpc) is 3.42. The van der Waals surface area contributed by atoms with Crippen LogP contribution in [0.25, 0.3) is 10.2 Å². The first-order valence-corrected chi connectivity index (χ1v) is 11.5. The summed E-state index contributed by atoms with van der Waals surface area (Å²) in [7, 11) is 0. The maximum absolute atomic E-state index is 13.0. The predicted octanol–water partition coefficient (Wildman–Crippen LogP) is 3.36. The van der Waals surface area contributed by atoms with Crippen LogP contribution in [0.15, 0.2) is 29.5 Å². The fraction of sp³-hybridized carbons (Fsp3) is 0.455. The number of rotatable bonds is 5. The number of hydrogen-bond donors (Lipinski definition) is 1. The summed E-state index contributed by atoms with van der Waals surface area (Å²) in [6.45, 7) is 2.44. The van der Waals surface area contributed by atoms with Crippen LogP contribution in [0.3, 0.4) is 0 Å². The molecule has 0 saturated carbocycles. The van der Waals surface area contributed by atoms with E-state index in [1.54, 1.807) is 22.2 Å². The van der Waals surface area contributed by atoms with Crippen LogP contribution in [0, 0.1) is 0 Å². The molecule has 1 aliphatic carbocycles. The highest BCUT2D eigenvalue weighted by Gasteiger charge is 2.20. The molecular formula is C22H25N5O2S. The van der Waals surface area contributed by atoms with Gasteiger partial charge < -0.3 is 10.2 Å². The molecule has 5 rings (SSSR count). The SMILES string of the molecule is O=C(CCn1cnc2sc3c(c2c1=O)CCCC3)Nc1ccc(N2CCCC2)cn1. The topological polar surface area (TPSA) is 80.1 Å². The highest BCUT2D eigenvalue weighted by atomic mass is 32.1. The van der Waals surface area contributed by atoms with Gasteiger partial charge in [0.2, 0.25) is 5.91 Å². The van der Waals surface area contributed by atoms with Crippen LogP contribution < -0.4 is 15.8 Å². The zero-order chi connectivity index (χ0) is 20.5. The van der Waals surface area contributed by atoms with Crippen molar-refractivity contribution in [2.24, 2.45) is 0 Å². The molecule has 1 amide bonds. The maximum atomic E-state index is 13.0. The Labute approximate surface area is 178 Å². The number of nitrogens with one attached hydrogen (secondary N) is 1. The molecule has 0 aromatic carbocycles. The molecule has 0 bridgehead atoms. The molecule has 156 valence electrons. The standard InChI is InChI=1S/C22H25N5O2S/c28-19(25-18-8-7-15(13-23-18)26-10-3-4-11-26)9-12-27-14-24-21-20(22(27)29)16-5-1-2-6-17(16)30-21/h7-8,13-14H,1-6,9-12H2,(H,23,25,28). The Balaban J connectivity index is 1.24. The van der Waals surface area contributed by atoms with Gasteiger partial charge in [-0.1, -0.05) is 0 Å². The van der Waals surface area contributed by atoms with Crippen LogP contribution in [0.1, 0.15) is 42.5 Å². The first-order chi connectivity index (χ1) is 14.7. The number of fused-ring (bicyclic) bond motifs is 3. The maximum Gasteiger partial charge on any atom is 0.262 e. The third kappa shape index (κ3) is 3.71. The van der Waals surface area contributed by atoms with Crippen molar-refractivity contribution in [3.63, 3.8) is 0 Å². The third-order valence-corrected chi connectivity index (χ3v) is 7.21. The third-order valence-electron chi connectivity index (χ3n) is 6.01. The first-order valence-electron chi connectivity index (χ1n) is 10.7. The van der Waals surface area contributed by atoms with Crippen LogP contribution in [0.2, 0.25) is 0 Å². The molecule has 1 fully saturated rings. The molecule has 2 aliphatic rings. The van der Waals surface area contributed by atoms with Crippen molar-refractivity contribution in [2.75, 3.05) is 23.3 Å². The van der Waals surface area contributed by atoms with Gasteiger partial charge in [0.15, 0.2) is 0 Å². The number of aryl methyl sites for hydroxylation is 3. The second-order valence-electron chi connectivity index (χ2n) is 8.03. The van der Waals surface area contributed by atoms with Gasteiger partial charge in [-0.25, -0.2) is 9.97 Å². The lowest BCUT2D eigenvalue weighted by Crippen LogP contribution is -2.24. The molecule has 7 nitrogen and oxygen atoms in total. The number of thiophene rings is 1. The summed E-state index contributed by atoms with van der Waals surface area (Å²) < 4.78 is 1.56. The lowest BCUT2D eigenvalue weighted by molar-refractivity contribution is -0.116. The number of carbonyl (C=O) groups is 1. The lowest BCUT2D eigenvalue weighted by Gasteiger charge is -2.17. The number of anilines is 2. The summed E-state index contributed by atoms with van der Waals surface area (Å²) in [5.41, 5.74) is 2.25. The molecule has 4 heterocycles. The van der Waals surface area contributed by atoms with Crippen molar-refractivity contribution >= 4 is 39.0 Å². The van der Waals surface area contributed by atoms with E-state index in [0.29, 0.717) is 12.4 Å². The van der Waals surface area contributed by atoms with Crippen molar-refractivity contribution in [3.8, 4) is 0 Å². The molecule has 1 saturated heterocycles. The van der Waals surface area contributed by atoms with Crippen LogP contribution in [-0.4, -0.2) is 33.5 Å². The summed E-state index contributed by atoms with van der Waals surface area (Å²) in [6.07, 6.45) is 10.3. The number of nitrogens with zero attached hydrogens (tertiary/aromatic N) is 4.